The lowest BCUT2D eigenvalue weighted by Crippen LogP contribution is -2.16. The highest BCUT2D eigenvalue weighted by Gasteiger charge is 2.01. The summed E-state index contributed by atoms with van der Waals surface area (Å²) in [4.78, 5) is 0. The Balaban J connectivity index is 3.08. The highest BCUT2D eigenvalue weighted by Crippen LogP contribution is 2.12. The van der Waals surface area contributed by atoms with Gasteiger partial charge in [-0.05, 0) is 12.8 Å². The van der Waals surface area contributed by atoms with Gasteiger partial charge in [0.15, 0.2) is 0 Å². The number of hydrogen-bond donors (Lipinski definition) is 0. The summed E-state index contributed by atoms with van der Waals surface area (Å²) in [5.74, 6) is 0. The van der Waals surface area contributed by atoms with Gasteiger partial charge in [-0.2, -0.15) is 0 Å². The van der Waals surface area contributed by atoms with Crippen LogP contribution < -0.4 is 0 Å². The quantitative estimate of drug-likeness (QED) is 0.0523. The normalized spacial score (nSPS) is 11.8. The second-order valence-electron chi connectivity index (χ2n) is 20.2. The molecule has 0 rings (SSSR count). The first-order valence-electron chi connectivity index (χ1n) is 33.5. The lowest BCUT2D eigenvalue weighted by molar-refractivity contribution is -0.0316. The van der Waals surface area contributed by atoms with Gasteiger partial charge in [0, 0.05) is 13.2 Å². The predicted molar refractivity (Wildman–Crippen MR) is 331 cm³/mol. The molecule has 0 fully saturated rings. The molecule has 0 saturated heterocycles. The summed E-state index contributed by atoms with van der Waals surface area (Å²) in [6.07, 6.45) is 26.7. The summed E-state index contributed by atoms with van der Waals surface area (Å²) in [5, 5.41) is 0. The van der Waals surface area contributed by atoms with Crippen LogP contribution in [0.15, 0.2) is 0 Å². The molecule has 0 N–H and O–H groups in total. The van der Waals surface area contributed by atoms with E-state index in [-0.39, 0.29) is 0 Å². The van der Waals surface area contributed by atoms with Crippen LogP contribution in [0.25, 0.3) is 0 Å². The molecule has 512 valence electrons. The Hall–Kier alpha value is -0.840. The van der Waals surface area contributed by atoms with E-state index in [0.29, 0.717) is 264 Å². The summed E-state index contributed by atoms with van der Waals surface area (Å²) in [6.45, 7) is 27.1. The Morgan fingerprint density at radius 2 is 0.176 bits per heavy atom. The van der Waals surface area contributed by atoms with Crippen molar-refractivity contribution in [3.63, 3.8) is 0 Å². The van der Waals surface area contributed by atoms with E-state index < -0.39 is 0 Å². The topological polar surface area (TPSA) is 194 Å². The summed E-state index contributed by atoms with van der Waals surface area (Å²) in [7, 11) is 0. The molecule has 0 unspecified atom stereocenters. The van der Waals surface area contributed by atoms with Crippen molar-refractivity contribution in [2.24, 2.45) is 0 Å². The van der Waals surface area contributed by atoms with Crippen LogP contribution in [0.5, 0.6) is 0 Å². The molecular weight excluding hydrogens is 1100 g/mol. The Labute approximate surface area is 517 Å². The molecular formula is C64H130O21. The number of unbranched alkanes of at least 4 members (excludes halogenated alkanes) is 18. The van der Waals surface area contributed by atoms with E-state index >= 15 is 0 Å². The van der Waals surface area contributed by atoms with Crippen molar-refractivity contribution in [3.8, 4) is 0 Å². The summed E-state index contributed by atoms with van der Waals surface area (Å²) in [6, 6.07) is 0. The maximum absolute atomic E-state index is 5.67. The van der Waals surface area contributed by atoms with Crippen LogP contribution in [0.1, 0.15) is 142 Å². The van der Waals surface area contributed by atoms with Crippen molar-refractivity contribution in [1.29, 1.82) is 0 Å². The minimum atomic E-state index is 0.494. The molecule has 0 amide bonds. The highest BCUT2D eigenvalue weighted by atomic mass is 16.6. The fourth-order valence-corrected chi connectivity index (χ4v) is 7.88. The van der Waals surface area contributed by atoms with E-state index in [1.54, 1.807) is 0 Å². The Kier molecular flexibility index (Phi) is 82.3. The third kappa shape index (κ3) is 83.2. The van der Waals surface area contributed by atoms with Crippen molar-refractivity contribution in [3.05, 3.63) is 0 Å². The van der Waals surface area contributed by atoms with Gasteiger partial charge in [0.25, 0.3) is 0 Å². The van der Waals surface area contributed by atoms with Crippen molar-refractivity contribution >= 4 is 0 Å². The van der Waals surface area contributed by atoms with Gasteiger partial charge in [-0.1, -0.05) is 129 Å². The molecule has 0 bridgehead atoms. The predicted octanol–water partition coefficient (Wildman–Crippen LogP) is 9.18. The summed E-state index contributed by atoms with van der Waals surface area (Å²) < 4.78 is 117. The van der Waals surface area contributed by atoms with E-state index in [0.717, 1.165) is 26.1 Å². The first kappa shape index (κ1) is 84.2. The highest BCUT2D eigenvalue weighted by molar-refractivity contribution is 4.50. The minimum Gasteiger partial charge on any atom is -0.379 e. The molecule has 0 spiro atoms. The van der Waals surface area contributed by atoms with Crippen molar-refractivity contribution in [1.82, 2.24) is 0 Å². The summed E-state index contributed by atoms with van der Waals surface area (Å²) >= 11 is 0. The Bertz CT molecular complexity index is 1040. The minimum absolute atomic E-state index is 0.494. The average Bonchev–Trinajstić information content (AvgIpc) is 3.51. The molecule has 0 aromatic heterocycles. The standard InChI is InChI=1S/C64H130O21/c1-3-5-7-9-11-13-15-17-19-21-23-65-25-27-67-29-31-69-33-35-71-37-39-73-41-43-75-45-47-77-49-51-79-53-55-81-57-59-83-61-63-85-64-62-84-60-58-82-56-54-80-52-50-78-48-46-76-44-42-74-40-38-72-36-34-70-32-30-68-28-26-66-24-22-20-18-16-14-12-10-8-6-4-2/h3-64H2,1-2H3. The van der Waals surface area contributed by atoms with Gasteiger partial charge < -0.3 is 99.5 Å². The van der Waals surface area contributed by atoms with Gasteiger partial charge in [-0.15, -0.1) is 0 Å². The molecule has 0 aliphatic rings. The Morgan fingerprint density at radius 1 is 0.0941 bits per heavy atom. The van der Waals surface area contributed by atoms with Crippen molar-refractivity contribution < 1.29 is 99.5 Å². The largest absolute Gasteiger partial charge is 0.379 e. The smallest absolute Gasteiger partial charge is 0.0701 e. The fraction of sp³-hybridized carbons (Fsp3) is 1.00. The molecule has 0 radical (unpaired) electrons. The zero-order chi connectivity index (χ0) is 60.7. The van der Waals surface area contributed by atoms with Gasteiger partial charge >= 0.3 is 0 Å². The van der Waals surface area contributed by atoms with Gasteiger partial charge in [0.2, 0.25) is 0 Å². The zero-order valence-corrected chi connectivity index (χ0v) is 54.4. The lowest BCUT2D eigenvalue weighted by atomic mass is 10.1. The Morgan fingerprint density at radius 3 is 0.282 bits per heavy atom. The maximum Gasteiger partial charge on any atom is 0.0701 e. The molecule has 0 saturated carbocycles. The third-order valence-corrected chi connectivity index (χ3v) is 12.7. The van der Waals surface area contributed by atoms with E-state index in [2.05, 4.69) is 13.8 Å². The fourth-order valence-electron chi connectivity index (χ4n) is 7.88. The molecule has 0 aliphatic carbocycles. The first-order chi connectivity index (χ1) is 42.4. The van der Waals surface area contributed by atoms with E-state index in [9.17, 15) is 0 Å². The van der Waals surface area contributed by atoms with Gasteiger partial charge in [0.05, 0.1) is 264 Å². The molecule has 0 heterocycles. The van der Waals surface area contributed by atoms with Gasteiger partial charge in [-0.3, -0.25) is 0 Å². The first-order valence-corrected chi connectivity index (χ1v) is 33.5. The average molecular weight is 1240 g/mol. The monoisotopic (exact) mass is 1230 g/mol. The van der Waals surface area contributed by atoms with E-state index in [1.165, 1.54) is 116 Å². The van der Waals surface area contributed by atoms with Crippen LogP contribution in [0.3, 0.4) is 0 Å². The molecule has 0 aromatic carbocycles. The van der Waals surface area contributed by atoms with Gasteiger partial charge in [-0.25, -0.2) is 0 Å². The SMILES string of the molecule is CCCCCCCCCCCCOCCOCCOCCOCCOCCOCCOCCOCCOCCOCCOCCOCCOCCOCCOCCOCCOCCOCCOCCOCCOCCCCCCCCCCCC. The zero-order valence-electron chi connectivity index (χ0n) is 54.4. The number of ether oxygens (including phenoxy) is 21. The van der Waals surface area contributed by atoms with Crippen LogP contribution in [-0.2, 0) is 99.5 Å². The van der Waals surface area contributed by atoms with E-state index in [4.69, 9.17) is 99.5 Å². The summed E-state index contributed by atoms with van der Waals surface area (Å²) in [5.41, 5.74) is 0. The molecule has 0 atom stereocenters. The van der Waals surface area contributed by atoms with Crippen molar-refractivity contribution in [2.75, 3.05) is 277 Å². The number of rotatable bonds is 82. The van der Waals surface area contributed by atoms with Crippen LogP contribution >= 0.6 is 0 Å². The molecule has 21 heteroatoms. The van der Waals surface area contributed by atoms with Crippen LogP contribution in [0.4, 0.5) is 0 Å². The third-order valence-electron chi connectivity index (χ3n) is 12.7. The molecule has 85 heavy (non-hydrogen) atoms. The molecule has 0 aromatic rings. The van der Waals surface area contributed by atoms with Crippen molar-refractivity contribution in [2.45, 2.75) is 142 Å². The number of hydrogen-bond acceptors (Lipinski definition) is 21. The van der Waals surface area contributed by atoms with Gasteiger partial charge in [0.1, 0.15) is 0 Å². The lowest BCUT2D eigenvalue weighted by Gasteiger charge is -2.09. The second kappa shape index (κ2) is 83.2. The molecule has 0 aliphatic heterocycles. The second-order valence-corrected chi connectivity index (χ2v) is 20.2. The van der Waals surface area contributed by atoms with Crippen LogP contribution in [0, 0.1) is 0 Å². The van der Waals surface area contributed by atoms with E-state index in [1.807, 2.05) is 0 Å². The maximum atomic E-state index is 5.67. The molecule has 21 nitrogen and oxygen atoms in total. The van der Waals surface area contributed by atoms with Crippen LogP contribution in [-0.4, -0.2) is 277 Å². The van der Waals surface area contributed by atoms with Crippen LogP contribution in [0.2, 0.25) is 0 Å².